The highest BCUT2D eigenvalue weighted by Gasteiger charge is 2.19. The van der Waals surface area contributed by atoms with E-state index >= 15 is 0 Å². The normalized spacial score (nSPS) is 13.4. The number of hydrogen-bond donors (Lipinski definition) is 2. The highest BCUT2D eigenvalue weighted by molar-refractivity contribution is 7.89. The van der Waals surface area contributed by atoms with Crippen LogP contribution in [0.4, 0.5) is 5.69 Å². The maximum atomic E-state index is 12.3. The van der Waals surface area contributed by atoms with Crippen molar-refractivity contribution in [3.63, 3.8) is 0 Å². The van der Waals surface area contributed by atoms with E-state index in [-0.39, 0.29) is 16.6 Å². The van der Waals surface area contributed by atoms with Crippen molar-refractivity contribution in [1.82, 2.24) is 4.72 Å². The lowest BCUT2D eigenvalue weighted by atomic mass is 10.1. The molecule has 1 aromatic carbocycles. The fraction of sp³-hybridized carbons (Fsp3) is 0.571. The number of nitrogens with one attached hydrogen (secondary N) is 1. The van der Waals surface area contributed by atoms with Gasteiger partial charge in [0.05, 0.1) is 15.6 Å². The van der Waals surface area contributed by atoms with Crippen LogP contribution in [0.25, 0.3) is 0 Å². The van der Waals surface area contributed by atoms with Crippen molar-refractivity contribution in [3.05, 3.63) is 22.7 Å². The second kappa shape index (κ2) is 7.29. The van der Waals surface area contributed by atoms with E-state index in [2.05, 4.69) is 11.6 Å². The highest BCUT2D eigenvalue weighted by Crippen LogP contribution is 2.26. The Morgan fingerprint density at radius 1 is 1.35 bits per heavy atom. The maximum Gasteiger partial charge on any atom is 0.240 e. The molecular weight excluding hydrogens is 296 g/mol. The Morgan fingerprint density at radius 3 is 2.55 bits per heavy atom. The number of rotatable bonds is 7. The third-order valence-electron chi connectivity index (χ3n) is 3.16. The van der Waals surface area contributed by atoms with E-state index in [4.69, 9.17) is 17.3 Å². The van der Waals surface area contributed by atoms with E-state index in [0.717, 1.165) is 25.7 Å². The van der Waals surface area contributed by atoms with Crippen molar-refractivity contribution >= 4 is 27.3 Å². The Bertz CT molecular complexity index is 535. The zero-order valence-corrected chi connectivity index (χ0v) is 13.8. The van der Waals surface area contributed by atoms with Gasteiger partial charge in [0, 0.05) is 6.04 Å². The maximum absolute atomic E-state index is 12.3. The Balaban J connectivity index is 2.84. The molecule has 4 nitrogen and oxygen atoms in total. The molecule has 1 unspecified atom stereocenters. The number of sulfonamides is 1. The third-order valence-corrected chi connectivity index (χ3v) is 5.25. The summed E-state index contributed by atoms with van der Waals surface area (Å²) >= 11 is 5.95. The van der Waals surface area contributed by atoms with Crippen LogP contribution >= 0.6 is 11.6 Å². The van der Waals surface area contributed by atoms with E-state index in [1.165, 1.54) is 6.07 Å². The standard InChI is InChI=1S/C14H23ClN2O2S/c1-4-5-6-7-11(3)17-20(18,19)12-8-10(2)14(15)13(16)9-12/h8-9,11,17H,4-7,16H2,1-3H3. The smallest absolute Gasteiger partial charge is 0.240 e. The summed E-state index contributed by atoms with van der Waals surface area (Å²) in [6.45, 7) is 5.73. The molecule has 0 saturated carbocycles. The van der Waals surface area contributed by atoms with Crippen molar-refractivity contribution in [2.75, 3.05) is 5.73 Å². The summed E-state index contributed by atoms with van der Waals surface area (Å²) < 4.78 is 27.2. The van der Waals surface area contributed by atoms with Crippen LogP contribution in [0.3, 0.4) is 0 Å². The van der Waals surface area contributed by atoms with Crippen molar-refractivity contribution < 1.29 is 8.42 Å². The molecule has 0 aliphatic rings. The molecule has 6 heteroatoms. The first-order valence-corrected chi connectivity index (χ1v) is 8.72. The van der Waals surface area contributed by atoms with Crippen LogP contribution in [0.5, 0.6) is 0 Å². The molecule has 0 amide bonds. The Hall–Kier alpha value is -0.780. The molecule has 0 radical (unpaired) electrons. The molecule has 0 aliphatic carbocycles. The van der Waals surface area contributed by atoms with Gasteiger partial charge in [-0.3, -0.25) is 0 Å². The summed E-state index contributed by atoms with van der Waals surface area (Å²) in [5, 5.41) is 0.403. The minimum Gasteiger partial charge on any atom is -0.397 e. The summed E-state index contributed by atoms with van der Waals surface area (Å²) in [6.07, 6.45) is 4.07. The molecule has 0 saturated heterocycles. The lowest BCUT2D eigenvalue weighted by Gasteiger charge is -2.15. The van der Waals surface area contributed by atoms with Crippen LogP contribution in [-0.4, -0.2) is 14.5 Å². The molecule has 1 aromatic rings. The average Bonchev–Trinajstić information content (AvgIpc) is 2.35. The predicted octanol–water partition coefficient (Wildman–Crippen LogP) is 3.48. The number of hydrogen-bond acceptors (Lipinski definition) is 3. The van der Waals surface area contributed by atoms with Crippen LogP contribution in [0.1, 0.15) is 45.1 Å². The second-order valence-electron chi connectivity index (χ2n) is 5.16. The van der Waals surface area contributed by atoms with Gasteiger partial charge in [-0.2, -0.15) is 0 Å². The molecule has 0 aromatic heterocycles. The number of anilines is 1. The first-order chi connectivity index (χ1) is 9.27. The van der Waals surface area contributed by atoms with E-state index in [1.54, 1.807) is 13.0 Å². The molecule has 0 heterocycles. The average molecular weight is 319 g/mol. The molecule has 1 rings (SSSR count). The van der Waals surface area contributed by atoms with Gasteiger partial charge >= 0.3 is 0 Å². The van der Waals surface area contributed by atoms with Crippen LogP contribution < -0.4 is 10.5 Å². The van der Waals surface area contributed by atoms with E-state index < -0.39 is 10.0 Å². The molecule has 1 atom stereocenters. The third kappa shape index (κ3) is 4.65. The van der Waals surface area contributed by atoms with Crippen molar-refractivity contribution in [2.24, 2.45) is 0 Å². The Kier molecular flexibility index (Phi) is 6.30. The van der Waals surface area contributed by atoms with Gasteiger partial charge in [-0.15, -0.1) is 0 Å². The van der Waals surface area contributed by atoms with Gasteiger partial charge in [-0.1, -0.05) is 37.8 Å². The molecule has 0 aliphatic heterocycles. The summed E-state index contributed by atoms with van der Waals surface area (Å²) in [5.41, 5.74) is 6.66. The molecule has 0 fully saturated rings. The van der Waals surface area contributed by atoms with Gasteiger partial charge in [0.25, 0.3) is 0 Å². The lowest BCUT2D eigenvalue weighted by Crippen LogP contribution is -2.32. The molecular formula is C14H23ClN2O2S. The Morgan fingerprint density at radius 2 is 2.00 bits per heavy atom. The number of aryl methyl sites for hydroxylation is 1. The minimum absolute atomic E-state index is 0.0937. The largest absolute Gasteiger partial charge is 0.397 e. The van der Waals surface area contributed by atoms with Crippen molar-refractivity contribution in [3.8, 4) is 0 Å². The quantitative estimate of drug-likeness (QED) is 0.597. The summed E-state index contributed by atoms with van der Waals surface area (Å²) in [7, 11) is -3.55. The number of unbranched alkanes of at least 4 members (excludes halogenated alkanes) is 2. The van der Waals surface area contributed by atoms with Gasteiger partial charge in [0.15, 0.2) is 0 Å². The molecule has 20 heavy (non-hydrogen) atoms. The van der Waals surface area contributed by atoms with Crippen LogP contribution in [-0.2, 0) is 10.0 Å². The molecule has 0 spiro atoms. The first-order valence-electron chi connectivity index (χ1n) is 6.86. The summed E-state index contributed by atoms with van der Waals surface area (Å²) in [6, 6.07) is 2.85. The zero-order chi connectivity index (χ0) is 15.3. The topological polar surface area (TPSA) is 72.2 Å². The Labute approximate surface area is 126 Å². The predicted molar refractivity (Wildman–Crippen MR) is 84.5 cm³/mol. The minimum atomic E-state index is -3.55. The van der Waals surface area contributed by atoms with E-state index in [1.807, 2.05) is 6.92 Å². The lowest BCUT2D eigenvalue weighted by molar-refractivity contribution is 0.527. The van der Waals surface area contributed by atoms with Crippen molar-refractivity contribution in [1.29, 1.82) is 0 Å². The monoisotopic (exact) mass is 318 g/mol. The number of nitrogen functional groups attached to an aromatic ring is 1. The van der Waals surface area contributed by atoms with Gasteiger partial charge in [0.1, 0.15) is 0 Å². The van der Waals surface area contributed by atoms with Gasteiger partial charge < -0.3 is 5.73 Å². The number of benzene rings is 1. The molecule has 0 bridgehead atoms. The second-order valence-corrected chi connectivity index (χ2v) is 7.25. The van der Waals surface area contributed by atoms with Crippen LogP contribution in [0.15, 0.2) is 17.0 Å². The first kappa shape index (κ1) is 17.3. The van der Waals surface area contributed by atoms with Gasteiger partial charge in [0.2, 0.25) is 10.0 Å². The fourth-order valence-corrected chi connectivity index (χ4v) is 3.52. The van der Waals surface area contributed by atoms with E-state index in [9.17, 15) is 8.42 Å². The summed E-state index contributed by atoms with van der Waals surface area (Å²) in [5.74, 6) is 0. The highest BCUT2D eigenvalue weighted by atomic mass is 35.5. The molecule has 3 N–H and O–H groups in total. The number of halogens is 1. The van der Waals surface area contributed by atoms with Crippen LogP contribution in [0, 0.1) is 6.92 Å². The zero-order valence-electron chi connectivity index (χ0n) is 12.2. The van der Waals surface area contributed by atoms with Gasteiger partial charge in [-0.25, -0.2) is 13.1 Å². The molecule has 114 valence electrons. The van der Waals surface area contributed by atoms with Crippen LogP contribution in [0.2, 0.25) is 5.02 Å². The van der Waals surface area contributed by atoms with Crippen molar-refractivity contribution in [2.45, 2.75) is 57.4 Å². The van der Waals surface area contributed by atoms with Gasteiger partial charge in [-0.05, 0) is 38.0 Å². The number of nitrogens with two attached hydrogens (primary N) is 1. The SMILES string of the molecule is CCCCCC(C)NS(=O)(=O)c1cc(C)c(Cl)c(N)c1. The fourth-order valence-electron chi connectivity index (χ4n) is 2.01. The van der Waals surface area contributed by atoms with E-state index in [0.29, 0.717) is 10.6 Å². The summed E-state index contributed by atoms with van der Waals surface area (Å²) in [4.78, 5) is 0.166.